The average molecular weight is 511 g/mol. The first-order chi connectivity index (χ1) is 16.1. The first kappa shape index (κ1) is 24.4. The summed E-state index contributed by atoms with van der Waals surface area (Å²) in [7, 11) is -3.97. The molecule has 180 valence electrons. The van der Waals surface area contributed by atoms with Crippen LogP contribution in [0.5, 0.6) is 0 Å². The SMILES string of the molecule is [N-]=[N+]=NCC1(O)C2CCC1CC(S(=O)(=O)c1cc(C(=O)Nc3ccc(F)c(F)c3)ccc1Cl)C2. The van der Waals surface area contributed by atoms with Crippen molar-refractivity contribution >= 4 is 33.0 Å². The van der Waals surface area contributed by atoms with Gasteiger partial charge in [-0.05, 0) is 73.4 Å². The van der Waals surface area contributed by atoms with Gasteiger partial charge in [0.1, 0.15) is 0 Å². The number of carbonyl (C=O) groups is 1. The minimum absolute atomic E-state index is 0.00595. The molecule has 2 bridgehead atoms. The molecule has 8 nitrogen and oxygen atoms in total. The number of halogens is 3. The van der Waals surface area contributed by atoms with E-state index in [0.29, 0.717) is 12.8 Å². The Hall–Kier alpha value is -2.72. The lowest BCUT2D eigenvalue weighted by molar-refractivity contribution is -0.0496. The first-order valence-corrected chi connectivity index (χ1v) is 12.5. The van der Waals surface area contributed by atoms with Crippen LogP contribution in [-0.2, 0) is 9.84 Å². The Bertz CT molecular complexity index is 1290. The fraction of sp³-hybridized carbons (Fsp3) is 0.409. The van der Waals surface area contributed by atoms with Crippen molar-refractivity contribution < 1.29 is 27.1 Å². The van der Waals surface area contributed by atoms with E-state index >= 15 is 0 Å². The second-order valence-corrected chi connectivity index (χ2v) is 11.3. The van der Waals surface area contributed by atoms with E-state index in [4.69, 9.17) is 17.1 Å². The molecule has 0 heterocycles. The number of nitrogens with zero attached hydrogens (tertiary/aromatic N) is 3. The number of benzene rings is 2. The van der Waals surface area contributed by atoms with Crippen LogP contribution in [0.2, 0.25) is 5.02 Å². The molecule has 0 aliphatic heterocycles. The molecule has 2 N–H and O–H groups in total. The third-order valence-corrected chi connectivity index (χ3v) is 9.53. The van der Waals surface area contributed by atoms with E-state index in [1.807, 2.05) is 0 Å². The zero-order valence-electron chi connectivity index (χ0n) is 17.8. The number of aliphatic hydroxyl groups is 1. The summed E-state index contributed by atoms with van der Waals surface area (Å²) >= 11 is 6.21. The molecule has 2 unspecified atom stereocenters. The van der Waals surface area contributed by atoms with Gasteiger partial charge in [0.05, 0.1) is 27.3 Å². The summed E-state index contributed by atoms with van der Waals surface area (Å²) in [5.41, 5.74) is 7.38. The Morgan fingerprint density at radius 2 is 1.85 bits per heavy atom. The molecule has 2 aliphatic rings. The fourth-order valence-electron chi connectivity index (χ4n) is 5.09. The molecule has 2 atom stereocenters. The first-order valence-electron chi connectivity index (χ1n) is 10.6. The Morgan fingerprint density at radius 1 is 1.18 bits per heavy atom. The lowest BCUT2D eigenvalue weighted by Crippen LogP contribution is -2.50. The van der Waals surface area contributed by atoms with Gasteiger partial charge in [0.25, 0.3) is 5.91 Å². The number of fused-ring (bicyclic) bond motifs is 2. The van der Waals surface area contributed by atoms with Crippen molar-refractivity contribution in [1.29, 1.82) is 0 Å². The molecule has 0 spiro atoms. The third-order valence-electron chi connectivity index (χ3n) is 6.88. The van der Waals surface area contributed by atoms with E-state index in [-0.39, 0.29) is 52.4 Å². The van der Waals surface area contributed by atoms with Gasteiger partial charge in [-0.2, -0.15) is 0 Å². The number of hydrogen-bond donors (Lipinski definition) is 2. The minimum atomic E-state index is -3.97. The van der Waals surface area contributed by atoms with E-state index in [1.54, 1.807) is 0 Å². The molecular formula is C22H21ClF2N4O4S. The van der Waals surface area contributed by atoms with Crippen LogP contribution in [0.3, 0.4) is 0 Å². The number of sulfone groups is 1. The van der Waals surface area contributed by atoms with Crippen molar-refractivity contribution in [2.45, 2.75) is 41.4 Å². The predicted octanol–water partition coefficient (Wildman–Crippen LogP) is 4.87. The van der Waals surface area contributed by atoms with Gasteiger partial charge in [0, 0.05) is 22.2 Å². The number of anilines is 1. The zero-order chi connectivity index (χ0) is 24.7. The summed E-state index contributed by atoms with van der Waals surface area (Å²) in [6.45, 7) is -0.105. The highest BCUT2D eigenvalue weighted by molar-refractivity contribution is 7.92. The summed E-state index contributed by atoms with van der Waals surface area (Å²) < 4.78 is 53.6. The minimum Gasteiger partial charge on any atom is -0.389 e. The number of hydrogen-bond acceptors (Lipinski definition) is 5. The van der Waals surface area contributed by atoms with Crippen molar-refractivity contribution in [3.05, 3.63) is 69.1 Å². The van der Waals surface area contributed by atoms with E-state index in [0.717, 1.165) is 18.2 Å². The van der Waals surface area contributed by atoms with Crippen LogP contribution < -0.4 is 5.32 Å². The van der Waals surface area contributed by atoms with Crippen molar-refractivity contribution in [3.8, 4) is 0 Å². The molecule has 4 rings (SSSR count). The number of rotatable bonds is 6. The Kier molecular flexibility index (Phi) is 6.56. The largest absolute Gasteiger partial charge is 0.389 e. The van der Waals surface area contributed by atoms with Crippen LogP contribution in [0.4, 0.5) is 14.5 Å². The second kappa shape index (κ2) is 9.14. The monoisotopic (exact) mass is 510 g/mol. The highest BCUT2D eigenvalue weighted by Crippen LogP contribution is 2.52. The smallest absolute Gasteiger partial charge is 0.255 e. The summed E-state index contributed by atoms with van der Waals surface area (Å²) in [5.74, 6) is -3.59. The van der Waals surface area contributed by atoms with Gasteiger partial charge in [-0.3, -0.25) is 4.79 Å². The van der Waals surface area contributed by atoms with Gasteiger partial charge in [-0.1, -0.05) is 16.7 Å². The van der Waals surface area contributed by atoms with Gasteiger partial charge in [-0.25, -0.2) is 17.2 Å². The fourth-order valence-corrected chi connectivity index (χ4v) is 7.49. The Morgan fingerprint density at radius 3 is 2.47 bits per heavy atom. The van der Waals surface area contributed by atoms with Crippen molar-refractivity contribution in [2.75, 3.05) is 11.9 Å². The van der Waals surface area contributed by atoms with Gasteiger partial charge in [0.15, 0.2) is 21.5 Å². The lowest BCUT2D eigenvalue weighted by Gasteiger charge is -2.41. The number of nitrogens with one attached hydrogen (secondary N) is 1. The average Bonchev–Trinajstić information content (AvgIpc) is 2.96. The third kappa shape index (κ3) is 4.36. The van der Waals surface area contributed by atoms with Crippen LogP contribution in [0.25, 0.3) is 10.4 Å². The molecule has 0 radical (unpaired) electrons. The number of carbonyl (C=O) groups excluding carboxylic acids is 1. The van der Waals surface area contributed by atoms with Crippen LogP contribution in [0.1, 0.15) is 36.0 Å². The normalized spacial score (nSPS) is 26.1. The van der Waals surface area contributed by atoms with Crippen LogP contribution in [-0.4, -0.2) is 36.8 Å². The molecule has 2 aromatic rings. The van der Waals surface area contributed by atoms with Gasteiger partial charge >= 0.3 is 0 Å². The summed E-state index contributed by atoms with van der Waals surface area (Å²) in [6, 6.07) is 6.65. The van der Waals surface area contributed by atoms with Crippen molar-refractivity contribution in [3.63, 3.8) is 0 Å². The van der Waals surface area contributed by atoms with E-state index in [1.165, 1.54) is 18.2 Å². The summed E-state index contributed by atoms with van der Waals surface area (Å²) in [5, 5.41) is 16.1. The molecule has 0 aromatic heterocycles. The molecular weight excluding hydrogens is 490 g/mol. The Balaban J connectivity index is 1.58. The van der Waals surface area contributed by atoms with Crippen LogP contribution in [0.15, 0.2) is 46.4 Å². The highest BCUT2D eigenvalue weighted by atomic mass is 35.5. The van der Waals surface area contributed by atoms with Gasteiger partial charge in [-0.15, -0.1) is 0 Å². The van der Waals surface area contributed by atoms with E-state index in [2.05, 4.69) is 15.3 Å². The molecule has 12 heteroatoms. The van der Waals surface area contributed by atoms with E-state index in [9.17, 15) is 27.1 Å². The maximum absolute atomic E-state index is 13.5. The maximum Gasteiger partial charge on any atom is 0.255 e. The topological polar surface area (TPSA) is 132 Å². The molecule has 0 saturated heterocycles. The highest BCUT2D eigenvalue weighted by Gasteiger charge is 2.55. The van der Waals surface area contributed by atoms with Crippen molar-refractivity contribution in [1.82, 2.24) is 0 Å². The molecule has 2 aliphatic carbocycles. The van der Waals surface area contributed by atoms with Crippen LogP contribution in [0, 0.1) is 23.5 Å². The summed E-state index contributed by atoms with van der Waals surface area (Å²) in [4.78, 5) is 15.1. The number of azide groups is 1. The quantitative estimate of drug-likeness (QED) is 0.325. The van der Waals surface area contributed by atoms with E-state index < -0.39 is 38.2 Å². The molecule has 2 aromatic carbocycles. The molecule has 1 amide bonds. The number of amides is 1. The predicted molar refractivity (Wildman–Crippen MR) is 121 cm³/mol. The summed E-state index contributed by atoms with van der Waals surface area (Å²) in [6.07, 6.45) is 1.60. The van der Waals surface area contributed by atoms with Gasteiger partial charge < -0.3 is 10.4 Å². The molecule has 2 fully saturated rings. The molecule has 34 heavy (non-hydrogen) atoms. The van der Waals surface area contributed by atoms with Crippen LogP contribution >= 0.6 is 11.6 Å². The zero-order valence-corrected chi connectivity index (χ0v) is 19.4. The lowest BCUT2D eigenvalue weighted by atomic mass is 9.74. The standard InChI is InChI=1S/C22H21ClF2N4O4S/c23-17-5-1-12(21(30)28-15-4-6-18(24)19(25)10-15)7-20(17)34(32,33)16-8-13-2-3-14(9-16)22(13,31)11-27-29-26/h1,4-7,10,13-14,16,31H,2-3,8-9,11H2,(H,28,30). The maximum atomic E-state index is 13.5. The van der Waals surface area contributed by atoms with Crippen molar-refractivity contribution in [2.24, 2.45) is 17.0 Å². The van der Waals surface area contributed by atoms with Gasteiger partial charge in [0.2, 0.25) is 0 Å². The Labute approximate surface area is 199 Å². The molecule has 2 saturated carbocycles. The second-order valence-electron chi connectivity index (χ2n) is 8.72.